The van der Waals surface area contributed by atoms with Crippen molar-refractivity contribution < 1.29 is 27.8 Å². The lowest BCUT2D eigenvalue weighted by Gasteiger charge is -2.41. The van der Waals surface area contributed by atoms with E-state index in [1.165, 1.54) is 16.6 Å². The number of furan rings is 2. The molecule has 0 bridgehead atoms. The van der Waals surface area contributed by atoms with Crippen LogP contribution in [0.15, 0.2) is 75.6 Å². The van der Waals surface area contributed by atoms with E-state index < -0.39 is 0 Å². The number of hydrogen-bond donors (Lipinski definition) is 0. The largest absolute Gasteiger partial charge is 0.490 e. The van der Waals surface area contributed by atoms with Crippen molar-refractivity contribution in [2.24, 2.45) is 0 Å². The maximum atomic E-state index is 7.24. The van der Waals surface area contributed by atoms with Crippen LogP contribution in [0, 0.1) is 27.7 Å². The van der Waals surface area contributed by atoms with Crippen molar-refractivity contribution in [3.63, 3.8) is 0 Å². The highest BCUT2D eigenvalue weighted by molar-refractivity contribution is 7.02. The van der Waals surface area contributed by atoms with E-state index in [1.54, 1.807) is 0 Å². The Morgan fingerprint density at radius 2 is 0.934 bits per heavy atom. The molecule has 4 aliphatic heterocycles. The highest BCUT2D eigenvalue weighted by atomic mass is 16.5. The minimum atomic E-state index is -0.223. The molecule has 0 atom stereocenters. The SMILES string of the molecule is Cc1cc2c(c(C)c1N1c3cccc4c3B(c3c1oc1ccc(C(C)(C)C)cc31)c1c(oc3ccc(C(C)(C)C)cc13)N4c1c(C)cc3c(c1C)OCCCO3)OCCCO2. The minimum absolute atomic E-state index is 0.0814. The molecule has 11 rings (SSSR count). The van der Waals surface area contributed by atoms with Crippen molar-refractivity contribution in [3.05, 3.63) is 100 Å². The average Bonchev–Trinajstić information content (AvgIpc) is 3.56. The second-order valence-electron chi connectivity index (χ2n) is 19.5. The van der Waals surface area contributed by atoms with E-state index in [1.807, 2.05) is 0 Å². The number of fused-ring (bicyclic) bond motifs is 10. The van der Waals surface area contributed by atoms with E-state index in [0.29, 0.717) is 26.4 Å². The van der Waals surface area contributed by atoms with Gasteiger partial charge in [-0.2, -0.15) is 0 Å². The van der Waals surface area contributed by atoms with E-state index in [0.717, 1.165) is 125 Å². The van der Waals surface area contributed by atoms with Crippen molar-refractivity contribution >= 4 is 79.6 Å². The normalized spacial score (nSPS) is 15.7. The number of benzene rings is 5. The molecule has 2 aromatic heterocycles. The zero-order valence-electron chi connectivity index (χ0n) is 37.0. The van der Waals surface area contributed by atoms with Crippen molar-refractivity contribution in [1.29, 1.82) is 0 Å². The van der Waals surface area contributed by atoms with Gasteiger partial charge in [-0.25, -0.2) is 0 Å². The van der Waals surface area contributed by atoms with Gasteiger partial charge in [0.05, 0.1) is 37.8 Å². The van der Waals surface area contributed by atoms with Crippen LogP contribution in [0.1, 0.15) is 87.8 Å². The van der Waals surface area contributed by atoms with Gasteiger partial charge in [-0.05, 0) is 115 Å². The van der Waals surface area contributed by atoms with Gasteiger partial charge in [0.15, 0.2) is 23.0 Å². The molecular weight excluding hydrogens is 759 g/mol. The van der Waals surface area contributed by atoms with Gasteiger partial charge >= 0.3 is 0 Å². The fourth-order valence-corrected chi connectivity index (χ4v) is 10.3. The van der Waals surface area contributed by atoms with Gasteiger partial charge in [0.1, 0.15) is 11.2 Å². The lowest BCUT2D eigenvalue weighted by atomic mass is 9.33. The Balaban J connectivity index is 1.29. The average molecular weight is 813 g/mol. The third-order valence-electron chi connectivity index (χ3n) is 13.3. The highest BCUT2D eigenvalue weighted by Crippen LogP contribution is 2.53. The van der Waals surface area contributed by atoms with Crippen LogP contribution < -0.4 is 45.1 Å². The van der Waals surface area contributed by atoms with E-state index in [2.05, 4.69) is 146 Å². The molecule has 0 saturated carbocycles. The van der Waals surface area contributed by atoms with E-state index in [4.69, 9.17) is 27.8 Å². The second kappa shape index (κ2) is 13.3. The van der Waals surface area contributed by atoms with Gasteiger partial charge in [-0.3, -0.25) is 9.80 Å². The summed E-state index contributed by atoms with van der Waals surface area (Å²) in [6.45, 7) is 24.5. The summed E-state index contributed by atoms with van der Waals surface area (Å²) in [5, 5.41) is 2.21. The number of aryl methyl sites for hydroxylation is 2. The molecule has 5 aromatic carbocycles. The summed E-state index contributed by atoms with van der Waals surface area (Å²) in [6, 6.07) is 24.4. The number of nitrogens with zero attached hydrogens (tertiary/aromatic N) is 2. The van der Waals surface area contributed by atoms with Gasteiger partial charge in [0.25, 0.3) is 6.71 Å². The monoisotopic (exact) mass is 812 g/mol. The van der Waals surface area contributed by atoms with Crippen molar-refractivity contribution in [1.82, 2.24) is 0 Å². The van der Waals surface area contributed by atoms with Crippen molar-refractivity contribution in [2.45, 2.75) is 92.9 Å². The Hall–Kier alpha value is -5.96. The first-order valence-electron chi connectivity index (χ1n) is 21.9. The molecule has 0 N–H and O–H groups in total. The predicted octanol–water partition coefficient (Wildman–Crippen LogP) is 11.4. The quantitative estimate of drug-likeness (QED) is 0.160. The Labute approximate surface area is 358 Å². The summed E-state index contributed by atoms with van der Waals surface area (Å²) >= 11 is 0. The van der Waals surface area contributed by atoms with Gasteiger partial charge in [-0.1, -0.05) is 59.7 Å². The molecule has 0 fully saturated rings. The molecule has 4 aliphatic rings. The molecule has 9 heteroatoms. The number of hydrogen-bond acceptors (Lipinski definition) is 8. The molecule has 6 heterocycles. The second-order valence-corrected chi connectivity index (χ2v) is 19.5. The fraction of sp³-hybridized carbons (Fsp3) is 0.346. The molecule has 0 unspecified atom stereocenters. The zero-order chi connectivity index (χ0) is 42.3. The summed E-state index contributed by atoms with van der Waals surface area (Å²) < 4.78 is 40.0. The topological polar surface area (TPSA) is 69.7 Å². The van der Waals surface area contributed by atoms with E-state index in [9.17, 15) is 0 Å². The lowest BCUT2D eigenvalue weighted by Crippen LogP contribution is -2.61. The molecule has 0 aliphatic carbocycles. The maximum Gasteiger partial charge on any atom is 0.262 e. The highest BCUT2D eigenvalue weighted by Gasteiger charge is 2.50. The van der Waals surface area contributed by atoms with Crippen LogP contribution in [-0.2, 0) is 10.8 Å². The smallest absolute Gasteiger partial charge is 0.262 e. The minimum Gasteiger partial charge on any atom is -0.490 e. The lowest BCUT2D eigenvalue weighted by molar-refractivity contribution is 0.296. The molecule has 7 aromatic rings. The van der Waals surface area contributed by atoms with Crippen LogP contribution in [0.3, 0.4) is 0 Å². The van der Waals surface area contributed by atoms with Gasteiger partial charge in [0, 0.05) is 57.0 Å². The van der Waals surface area contributed by atoms with Crippen LogP contribution in [-0.4, -0.2) is 33.1 Å². The molecule has 8 nitrogen and oxygen atoms in total. The summed E-state index contributed by atoms with van der Waals surface area (Å²) in [4.78, 5) is 4.72. The summed E-state index contributed by atoms with van der Waals surface area (Å²) in [5.41, 5.74) is 15.8. The van der Waals surface area contributed by atoms with Crippen molar-refractivity contribution in [2.75, 3.05) is 36.2 Å². The van der Waals surface area contributed by atoms with Crippen LogP contribution in [0.2, 0.25) is 0 Å². The number of rotatable bonds is 2. The molecule has 61 heavy (non-hydrogen) atoms. The molecule has 0 amide bonds. The van der Waals surface area contributed by atoms with Crippen LogP contribution in [0.4, 0.5) is 34.5 Å². The molecule has 0 radical (unpaired) electrons. The van der Waals surface area contributed by atoms with Crippen LogP contribution in [0.25, 0.3) is 21.9 Å². The number of ether oxygens (including phenoxy) is 4. The number of anilines is 6. The van der Waals surface area contributed by atoms with E-state index >= 15 is 0 Å². The van der Waals surface area contributed by atoms with Crippen LogP contribution >= 0.6 is 0 Å². The van der Waals surface area contributed by atoms with E-state index in [-0.39, 0.29) is 17.5 Å². The van der Waals surface area contributed by atoms with Crippen LogP contribution in [0.5, 0.6) is 23.0 Å². The van der Waals surface area contributed by atoms with Gasteiger partial charge in [0.2, 0.25) is 11.8 Å². The van der Waals surface area contributed by atoms with Crippen molar-refractivity contribution in [3.8, 4) is 23.0 Å². The third kappa shape index (κ3) is 5.57. The standard InChI is InChI=1S/C52H53BN2O6/c1-28-24-40-47(58-22-12-20-56-40)30(3)45(28)54-36-14-11-15-37-44(36)53(42-34-26-32(51(5,6)7)16-18-38(34)60-49(42)54)43-35-27-33(52(8,9)10)17-19-39(35)61-50(43)55(37)46-29(2)25-41-48(31(46)4)59-23-13-21-57-41/h11,14-19,24-27H,12-13,20-23H2,1-10H3. The first-order valence-corrected chi connectivity index (χ1v) is 21.9. The summed E-state index contributed by atoms with van der Waals surface area (Å²) in [5.74, 6) is 4.76. The van der Waals surface area contributed by atoms with Gasteiger partial charge in [-0.15, -0.1) is 0 Å². The Bertz CT molecular complexity index is 2780. The predicted molar refractivity (Wildman–Crippen MR) is 248 cm³/mol. The summed E-state index contributed by atoms with van der Waals surface area (Å²) in [7, 11) is 0. The Morgan fingerprint density at radius 1 is 0.508 bits per heavy atom. The first-order chi connectivity index (χ1) is 29.2. The zero-order valence-corrected chi connectivity index (χ0v) is 37.0. The first kappa shape index (κ1) is 38.0. The third-order valence-corrected chi connectivity index (χ3v) is 13.3. The molecule has 0 saturated heterocycles. The molecule has 0 spiro atoms. The Kier molecular flexibility index (Phi) is 8.27. The Morgan fingerprint density at radius 3 is 1.36 bits per heavy atom. The van der Waals surface area contributed by atoms with Gasteiger partial charge < -0.3 is 27.8 Å². The molecular formula is C52H53BN2O6. The maximum absolute atomic E-state index is 7.24. The summed E-state index contributed by atoms with van der Waals surface area (Å²) in [6.07, 6.45) is 1.66. The fourth-order valence-electron chi connectivity index (χ4n) is 10.3. The molecule has 310 valence electrons.